The second-order valence-electron chi connectivity index (χ2n) is 6.39. The van der Waals surface area contributed by atoms with E-state index < -0.39 is 18.7 Å². The van der Waals surface area contributed by atoms with Gasteiger partial charge < -0.3 is 25.5 Å². The van der Waals surface area contributed by atoms with E-state index in [4.69, 9.17) is 10.1 Å². The number of likely N-dealkylation sites (N-methyl/N-ethyl adjacent to an activating group) is 1. The van der Waals surface area contributed by atoms with Gasteiger partial charge in [0.1, 0.15) is 5.69 Å². The Kier molecular flexibility index (Phi) is 8.28. The molecule has 0 fully saturated rings. The van der Waals surface area contributed by atoms with Crippen LogP contribution in [0.1, 0.15) is 18.2 Å². The fraction of sp³-hybridized carbons (Fsp3) is 0.421. The minimum Gasteiger partial charge on any atom is -0.466 e. The van der Waals surface area contributed by atoms with Crippen LogP contribution in [0.3, 0.4) is 0 Å². The average Bonchev–Trinajstić information content (AvgIpc) is 2.72. The first-order valence-electron chi connectivity index (χ1n) is 9.06. The van der Waals surface area contributed by atoms with Gasteiger partial charge in [0.05, 0.1) is 19.2 Å². The number of ether oxygens (including phenoxy) is 2. The number of allylic oxidation sites excluding steroid dienone is 2. The Morgan fingerprint density at radius 2 is 2.28 bits per heavy atom. The zero-order valence-electron chi connectivity index (χ0n) is 16.4. The molecule has 0 saturated carbocycles. The molecule has 0 aromatic carbocycles. The van der Waals surface area contributed by atoms with E-state index in [1.165, 1.54) is 19.4 Å². The molecule has 10 heteroatoms. The molecule has 2 rings (SSSR count). The lowest BCUT2D eigenvalue weighted by Crippen LogP contribution is -2.36. The highest BCUT2D eigenvalue weighted by molar-refractivity contribution is 5.75. The maximum absolute atomic E-state index is 12.2. The highest BCUT2D eigenvalue weighted by Gasteiger charge is 2.18. The minimum atomic E-state index is -0.729. The zero-order chi connectivity index (χ0) is 21.2. The van der Waals surface area contributed by atoms with E-state index in [2.05, 4.69) is 20.5 Å². The Balaban J connectivity index is 2.00. The van der Waals surface area contributed by atoms with E-state index in [9.17, 15) is 14.4 Å². The summed E-state index contributed by atoms with van der Waals surface area (Å²) in [7, 11) is 2.99. The number of nitrogens with zero attached hydrogens (tertiary/aromatic N) is 2. The maximum Gasteiger partial charge on any atom is 0.408 e. The fourth-order valence-corrected chi connectivity index (χ4v) is 2.77. The van der Waals surface area contributed by atoms with Gasteiger partial charge in [-0.25, -0.2) is 9.59 Å². The monoisotopic (exact) mass is 403 g/mol. The number of rotatable bonds is 9. The van der Waals surface area contributed by atoms with Crippen LogP contribution in [0.4, 0.5) is 4.79 Å². The van der Waals surface area contributed by atoms with Gasteiger partial charge in [0.15, 0.2) is 6.61 Å². The van der Waals surface area contributed by atoms with Crippen LogP contribution in [-0.2, 0) is 20.7 Å². The van der Waals surface area contributed by atoms with E-state index in [-0.39, 0.29) is 17.5 Å². The van der Waals surface area contributed by atoms with Crippen molar-refractivity contribution in [3.8, 4) is 0 Å². The highest BCUT2D eigenvalue weighted by atomic mass is 16.6. The number of alkyl carbamates (subject to hydrolysis) is 1. The molecule has 1 aliphatic rings. The molecule has 0 radical (unpaired) electrons. The van der Waals surface area contributed by atoms with Crippen molar-refractivity contribution in [1.82, 2.24) is 20.4 Å². The normalized spacial score (nSPS) is 16.5. The van der Waals surface area contributed by atoms with Gasteiger partial charge in [0.25, 0.3) is 0 Å². The van der Waals surface area contributed by atoms with Crippen LogP contribution in [0.5, 0.6) is 0 Å². The van der Waals surface area contributed by atoms with Crippen molar-refractivity contribution in [1.29, 1.82) is 5.41 Å². The standard InChI is InChI=1S/C19H25N5O5/c1-21-11-15(10-20)24-7-6-17(25)16(23-24)9-13-4-3-5-14(8-13)22-19(27)29-12-18(26)28-2/h3-7,10,14-15,20-21H,8-9,11-12H2,1-2H3,(H,22,27). The fourth-order valence-electron chi connectivity index (χ4n) is 2.77. The van der Waals surface area contributed by atoms with Crippen LogP contribution in [-0.4, -0.2) is 61.4 Å². The van der Waals surface area contributed by atoms with Crippen molar-refractivity contribution in [2.75, 3.05) is 27.3 Å². The molecule has 1 aromatic heterocycles. The first-order valence-corrected chi connectivity index (χ1v) is 9.06. The first kappa shape index (κ1) is 22.0. The van der Waals surface area contributed by atoms with Crippen molar-refractivity contribution < 1.29 is 19.1 Å². The second kappa shape index (κ2) is 10.9. The largest absolute Gasteiger partial charge is 0.466 e. The lowest BCUT2D eigenvalue weighted by molar-refractivity contribution is -0.143. The third kappa shape index (κ3) is 6.68. The van der Waals surface area contributed by atoms with Crippen LogP contribution in [0.2, 0.25) is 0 Å². The summed E-state index contributed by atoms with van der Waals surface area (Å²) >= 11 is 0. The van der Waals surface area contributed by atoms with Gasteiger partial charge in [-0.3, -0.25) is 9.48 Å². The quantitative estimate of drug-likeness (QED) is 0.400. The van der Waals surface area contributed by atoms with Gasteiger partial charge in [-0.05, 0) is 13.5 Å². The van der Waals surface area contributed by atoms with Crippen LogP contribution < -0.4 is 16.1 Å². The first-order chi connectivity index (χ1) is 14.0. The van der Waals surface area contributed by atoms with Crippen molar-refractivity contribution in [3.05, 3.63) is 52.0 Å². The molecular formula is C19H25N5O5. The number of carbonyl (C=O) groups excluding carboxylic acids is 2. The minimum absolute atomic E-state index is 0.188. The van der Waals surface area contributed by atoms with E-state index >= 15 is 0 Å². The Labute approximate surface area is 168 Å². The predicted octanol–water partition coefficient (Wildman–Crippen LogP) is 0.350. The number of hydrogen-bond donors (Lipinski definition) is 3. The summed E-state index contributed by atoms with van der Waals surface area (Å²) in [5.41, 5.74) is 1.09. The summed E-state index contributed by atoms with van der Waals surface area (Å²) in [5, 5.41) is 17.6. The number of hydrogen-bond acceptors (Lipinski definition) is 8. The maximum atomic E-state index is 12.2. The molecule has 2 unspecified atom stereocenters. The Morgan fingerprint density at radius 1 is 1.48 bits per heavy atom. The summed E-state index contributed by atoms with van der Waals surface area (Å²) in [4.78, 5) is 35.0. The molecule has 2 atom stereocenters. The molecule has 0 saturated heterocycles. The lowest BCUT2D eigenvalue weighted by Gasteiger charge is -2.20. The SMILES string of the molecule is CNCC(C=N)n1ccc(=O)c(CC2=CC=CC(NC(=O)OCC(=O)OC)C2)n1. The molecule has 3 N–H and O–H groups in total. The molecule has 1 aromatic rings. The van der Waals surface area contributed by atoms with Gasteiger partial charge in [-0.2, -0.15) is 5.10 Å². The van der Waals surface area contributed by atoms with E-state index in [0.29, 0.717) is 25.1 Å². The lowest BCUT2D eigenvalue weighted by atomic mass is 9.96. The summed E-state index contributed by atoms with van der Waals surface area (Å²) in [6, 6.07) is 0.816. The van der Waals surface area contributed by atoms with Crippen molar-refractivity contribution >= 4 is 18.3 Å². The van der Waals surface area contributed by atoms with Crippen molar-refractivity contribution in [2.24, 2.45) is 0 Å². The van der Waals surface area contributed by atoms with E-state index in [1.54, 1.807) is 30.1 Å². The number of amides is 1. The summed E-state index contributed by atoms with van der Waals surface area (Å²) in [6.07, 6.45) is 8.35. The van der Waals surface area contributed by atoms with Crippen LogP contribution in [0.15, 0.2) is 40.9 Å². The molecular weight excluding hydrogens is 378 g/mol. The average molecular weight is 403 g/mol. The number of carbonyl (C=O) groups is 2. The smallest absolute Gasteiger partial charge is 0.408 e. The van der Waals surface area contributed by atoms with Gasteiger partial charge >= 0.3 is 12.1 Å². The summed E-state index contributed by atoms with van der Waals surface area (Å²) in [6.45, 7) is 0.0552. The molecule has 156 valence electrons. The Bertz CT molecular complexity index is 861. The third-order valence-corrected chi connectivity index (χ3v) is 4.25. The summed E-state index contributed by atoms with van der Waals surface area (Å²) < 4.78 is 10.8. The Morgan fingerprint density at radius 3 is 2.97 bits per heavy atom. The molecule has 0 bridgehead atoms. The topological polar surface area (TPSA) is 135 Å². The molecule has 0 spiro atoms. The number of esters is 1. The molecule has 0 aliphatic heterocycles. The van der Waals surface area contributed by atoms with E-state index in [0.717, 1.165) is 5.57 Å². The van der Waals surface area contributed by atoms with Gasteiger partial charge in [-0.15, -0.1) is 0 Å². The Hall–Kier alpha value is -3.27. The number of methoxy groups -OCH3 is 1. The van der Waals surface area contributed by atoms with Crippen molar-refractivity contribution in [3.63, 3.8) is 0 Å². The van der Waals surface area contributed by atoms with Gasteiger partial charge in [0, 0.05) is 31.4 Å². The van der Waals surface area contributed by atoms with Gasteiger partial charge in [-0.1, -0.05) is 23.8 Å². The predicted molar refractivity (Wildman–Crippen MR) is 106 cm³/mol. The second-order valence-corrected chi connectivity index (χ2v) is 6.39. The van der Waals surface area contributed by atoms with E-state index in [1.807, 2.05) is 6.08 Å². The summed E-state index contributed by atoms with van der Waals surface area (Å²) in [5.74, 6) is -0.646. The van der Waals surface area contributed by atoms with Crippen LogP contribution in [0.25, 0.3) is 0 Å². The third-order valence-electron chi connectivity index (χ3n) is 4.25. The van der Waals surface area contributed by atoms with Crippen molar-refractivity contribution in [2.45, 2.75) is 24.9 Å². The van der Waals surface area contributed by atoms with Crippen LogP contribution >= 0.6 is 0 Å². The zero-order valence-corrected chi connectivity index (χ0v) is 16.4. The number of aromatic nitrogens is 2. The molecule has 1 amide bonds. The number of nitrogens with one attached hydrogen (secondary N) is 3. The molecule has 1 aliphatic carbocycles. The molecule has 1 heterocycles. The molecule has 10 nitrogen and oxygen atoms in total. The van der Waals surface area contributed by atoms with Gasteiger partial charge in [0.2, 0.25) is 5.43 Å². The highest BCUT2D eigenvalue weighted by Crippen LogP contribution is 2.16. The van der Waals surface area contributed by atoms with Crippen LogP contribution in [0, 0.1) is 5.41 Å². The molecule has 29 heavy (non-hydrogen) atoms.